The molecule has 10 heteroatoms. The van der Waals surface area contributed by atoms with Gasteiger partial charge in [-0.3, -0.25) is 10.1 Å². The van der Waals surface area contributed by atoms with E-state index in [0.29, 0.717) is 34.6 Å². The molecule has 0 fully saturated rings. The van der Waals surface area contributed by atoms with Gasteiger partial charge in [-0.05, 0) is 37.3 Å². The molecule has 5 rings (SSSR count). The van der Waals surface area contributed by atoms with E-state index in [-0.39, 0.29) is 29.2 Å². The second-order valence-corrected chi connectivity index (χ2v) is 7.49. The summed E-state index contributed by atoms with van der Waals surface area (Å²) in [6.07, 6.45) is 1.48. The van der Waals surface area contributed by atoms with Crippen molar-refractivity contribution < 1.29 is 23.8 Å². The highest BCUT2D eigenvalue weighted by atomic mass is 16.5. The number of nitrogens with zero attached hydrogens (tertiary/aromatic N) is 3. The van der Waals surface area contributed by atoms with Gasteiger partial charge in [0.1, 0.15) is 17.2 Å². The number of benzene rings is 2. The fourth-order valence-corrected chi connectivity index (χ4v) is 3.52. The molecule has 0 bridgehead atoms. The smallest absolute Gasteiger partial charge is 0.338 e. The minimum atomic E-state index is -0.459. The molecule has 4 aromatic rings. The molecule has 0 radical (unpaired) electrons. The lowest BCUT2D eigenvalue weighted by Gasteiger charge is -2.02. The lowest BCUT2D eigenvalue weighted by Crippen LogP contribution is -2.21. The molecule has 2 aromatic heterocycles. The van der Waals surface area contributed by atoms with Crippen LogP contribution < -0.4 is 5.32 Å². The number of esters is 1. The molecule has 1 aliphatic heterocycles. The lowest BCUT2D eigenvalue weighted by molar-refractivity contribution is -0.115. The van der Waals surface area contributed by atoms with Gasteiger partial charge >= 0.3 is 5.97 Å². The Kier molecular flexibility index (Phi) is 5.68. The number of carbonyl (C=O) groups is 2. The van der Waals surface area contributed by atoms with Gasteiger partial charge in [0.15, 0.2) is 5.69 Å². The number of H-pyrrole nitrogens is 1. The number of hydrogen-bond donors (Lipinski definition) is 3. The zero-order chi connectivity index (χ0) is 24.4. The number of rotatable bonds is 5. The van der Waals surface area contributed by atoms with E-state index in [9.17, 15) is 14.7 Å². The number of furan rings is 1. The van der Waals surface area contributed by atoms with Crippen LogP contribution in [0.3, 0.4) is 0 Å². The average molecular weight is 469 g/mol. The Morgan fingerprint density at radius 3 is 2.71 bits per heavy atom. The Morgan fingerprint density at radius 1 is 1.11 bits per heavy atom. The normalized spacial score (nSPS) is 14.6. The number of aromatic hydroxyl groups is 1. The minimum absolute atomic E-state index is 0.00716. The number of nitrogens with one attached hydrogen (secondary N) is 2. The van der Waals surface area contributed by atoms with Crippen LogP contribution in [0.1, 0.15) is 23.0 Å². The number of hydrogen-bond acceptors (Lipinski definition) is 8. The standard InChI is InChI=1S/C25H19N5O5/c1-2-34-24(33)15-9-7-14(8-10-15)20-12-11-16(35-20)13-19-22(31)28-25(27-19)30-29-21-17-5-3-4-6-18(17)26-23(21)32/h3-13,26,32H,2H2,1H3,(H,27,28,31)/b19-13-,30-29?. The van der Waals surface area contributed by atoms with Gasteiger partial charge in [0, 0.05) is 17.0 Å². The Hall–Kier alpha value is -4.99. The molecule has 10 nitrogen and oxygen atoms in total. The summed E-state index contributed by atoms with van der Waals surface area (Å²) in [4.78, 5) is 31.1. The third kappa shape index (κ3) is 4.44. The monoisotopic (exact) mass is 469 g/mol. The molecule has 0 unspecified atom stereocenters. The van der Waals surface area contributed by atoms with Crippen LogP contribution in [0.25, 0.3) is 28.3 Å². The predicted molar refractivity (Wildman–Crippen MR) is 128 cm³/mol. The largest absolute Gasteiger partial charge is 0.493 e. The zero-order valence-electron chi connectivity index (χ0n) is 18.5. The Bertz CT molecular complexity index is 1530. The Balaban J connectivity index is 1.33. The predicted octanol–water partition coefficient (Wildman–Crippen LogP) is 4.92. The van der Waals surface area contributed by atoms with E-state index in [4.69, 9.17) is 9.15 Å². The number of aromatic amines is 1. The summed E-state index contributed by atoms with van der Waals surface area (Å²) in [5, 5.41) is 21.3. The van der Waals surface area contributed by atoms with E-state index in [2.05, 4.69) is 25.5 Å². The number of fused-ring (bicyclic) bond motifs is 1. The third-order valence-corrected chi connectivity index (χ3v) is 5.17. The summed E-state index contributed by atoms with van der Waals surface area (Å²) in [7, 11) is 0. The molecular formula is C25H19N5O5. The van der Waals surface area contributed by atoms with Gasteiger partial charge in [-0.2, -0.15) is 0 Å². The molecule has 3 N–H and O–H groups in total. The Morgan fingerprint density at radius 2 is 1.91 bits per heavy atom. The van der Waals surface area contributed by atoms with E-state index < -0.39 is 5.91 Å². The van der Waals surface area contributed by atoms with E-state index in [1.165, 1.54) is 6.08 Å². The number of aromatic nitrogens is 1. The molecule has 0 spiro atoms. The summed E-state index contributed by atoms with van der Waals surface area (Å²) in [5.41, 5.74) is 2.26. The van der Waals surface area contributed by atoms with Gasteiger partial charge < -0.3 is 19.2 Å². The van der Waals surface area contributed by atoms with Crippen molar-refractivity contribution in [3.8, 4) is 17.2 Å². The van der Waals surface area contributed by atoms with E-state index in [0.717, 1.165) is 5.56 Å². The van der Waals surface area contributed by atoms with Crippen LogP contribution in [0.2, 0.25) is 0 Å². The van der Waals surface area contributed by atoms with E-state index in [1.54, 1.807) is 55.5 Å². The van der Waals surface area contributed by atoms with Crippen molar-refractivity contribution in [2.75, 3.05) is 6.61 Å². The summed E-state index contributed by atoms with van der Waals surface area (Å²) >= 11 is 0. The van der Waals surface area contributed by atoms with Gasteiger partial charge in [0.2, 0.25) is 11.8 Å². The average Bonchev–Trinajstić information content (AvgIpc) is 3.55. The maximum Gasteiger partial charge on any atom is 0.338 e. The maximum absolute atomic E-state index is 12.3. The molecule has 0 atom stereocenters. The number of azo groups is 1. The summed E-state index contributed by atoms with van der Waals surface area (Å²) in [6, 6.07) is 17.5. The highest BCUT2D eigenvalue weighted by Gasteiger charge is 2.21. The van der Waals surface area contributed by atoms with Gasteiger partial charge in [-0.1, -0.05) is 30.3 Å². The first-order valence-corrected chi connectivity index (χ1v) is 10.7. The summed E-state index contributed by atoms with van der Waals surface area (Å²) in [6.45, 7) is 2.06. The molecule has 0 saturated carbocycles. The van der Waals surface area contributed by atoms with Crippen LogP contribution in [-0.4, -0.2) is 34.5 Å². The fraction of sp³-hybridized carbons (Fsp3) is 0.0800. The zero-order valence-corrected chi connectivity index (χ0v) is 18.5. The molecule has 2 aromatic carbocycles. The quantitative estimate of drug-likeness (QED) is 0.216. The Labute approximate surface area is 198 Å². The molecule has 174 valence electrons. The topological polar surface area (TPSA) is 142 Å². The first-order valence-electron chi connectivity index (χ1n) is 10.7. The fourth-order valence-electron chi connectivity index (χ4n) is 3.52. The SMILES string of the molecule is CCOC(=O)c1ccc(-c2ccc(/C=C3\N=C(N=Nc4c(O)[nH]c5ccccc45)NC3=O)o2)cc1. The van der Waals surface area contributed by atoms with Crippen LogP contribution >= 0.6 is 0 Å². The number of aliphatic imine (C=N–C) groups is 1. The van der Waals surface area contributed by atoms with Crippen molar-refractivity contribution in [2.45, 2.75) is 6.92 Å². The molecule has 35 heavy (non-hydrogen) atoms. The van der Waals surface area contributed by atoms with Crippen molar-refractivity contribution in [3.63, 3.8) is 0 Å². The molecule has 3 heterocycles. The van der Waals surface area contributed by atoms with Crippen LogP contribution in [0.4, 0.5) is 5.69 Å². The molecular weight excluding hydrogens is 450 g/mol. The van der Waals surface area contributed by atoms with Crippen LogP contribution in [0, 0.1) is 0 Å². The van der Waals surface area contributed by atoms with Crippen molar-refractivity contribution in [1.29, 1.82) is 0 Å². The summed E-state index contributed by atoms with van der Waals surface area (Å²) < 4.78 is 10.8. The first-order chi connectivity index (χ1) is 17.0. The summed E-state index contributed by atoms with van der Waals surface area (Å²) in [5.74, 6) is -0.0118. The van der Waals surface area contributed by atoms with Crippen molar-refractivity contribution in [2.24, 2.45) is 15.2 Å². The molecule has 1 amide bonds. The number of guanidine groups is 1. The first kappa shape index (κ1) is 21.8. The number of para-hydroxylation sites is 1. The number of amides is 1. The highest BCUT2D eigenvalue weighted by Crippen LogP contribution is 2.35. The minimum Gasteiger partial charge on any atom is -0.493 e. The van der Waals surface area contributed by atoms with Crippen LogP contribution in [0.15, 0.2) is 86.0 Å². The highest BCUT2D eigenvalue weighted by molar-refractivity contribution is 6.13. The second kappa shape index (κ2) is 9.10. The molecule has 0 aliphatic carbocycles. The second-order valence-electron chi connectivity index (χ2n) is 7.49. The van der Waals surface area contributed by atoms with Crippen molar-refractivity contribution >= 4 is 40.5 Å². The third-order valence-electron chi connectivity index (χ3n) is 5.17. The van der Waals surface area contributed by atoms with Gasteiger partial charge in [0.05, 0.1) is 17.7 Å². The molecule has 1 aliphatic rings. The lowest BCUT2D eigenvalue weighted by atomic mass is 10.1. The van der Waals surface area contributed by atoms with Crippen LogP contribution in [-0.2, 0) is 9.53 Å². The van der Waals surface area contributed by atoms with Crippen LogP contribution in [0.5, 0.6) is 5.88 Å². The maximum atomic E-state index is 12.3. The van der Waals surface area contributed by atoms with E-state index >= 15 is 0 Å². The molecule has 0 saturated heterocycles. The van der Waals surface area contributed by atoms with Gasteiger partial charge in [-0.25, -0.2) is 9.79 Å². The van der Waals surface area contributed by atoms with Gasteiger partial charge in [-0.15, -0.1) is 10.2 Å². The van der Waals surface area contributed by atoms with Crippen molar-refractivity contribution in [1.82, 2.24) is 10.3 Å². The van der Waals surface area contributed by atoms with Gasteiger partial charge in [0.25, 0.3) is 5.91 Å². The number of carbonyl (C=O) groups excluding carboxylic acids is 2. The van der Waals surface area contributed by atoms with Crippen molar-refractivity contribution in [3.05, 3.63) is 77.7 Å². The van der Waals surface area contributed by atoms with E-state index in [1.807, 2.05) is 12.1 Å². The number of ether oxygens (including phenoxy) is 1.